The Balaban J connectivity index is 3.88. The molecule has 0 aromatic carbocycles. The molecule has 0 aliphatic carbocycles. The van der Waals surface area contributed by atoms with Crippen molar-refractivity contribution in [2.45, 2.75) is 117 Å². The first kappa shape index (κ1) is 40.1. The minimum absolute atomic E-state index is 0.212. The van der Waals surface area contributed by atoms with Gasteiger partial charge in [0.15, 0.2) is 12.2 Å². The fourth-order valence-corrected chi connectivity index (χ4v) is 5.44. The van der Waals surface area contributed by atoms with Crippen LogP contribution in [-0.2, 0) is 70.8 Å². The van der Waals surface area contributed by atoms with Crippen molar-refractivity contribution in [3.8, 4) is 0 Å². The molecule has 1 heterocycles. The molecule has 0 radical (unpaired) electrons. The number of nitrogens with one attached hydrogen (secondary N) is 1. The van der Waals surface area contributed by atoms with E-state index in [4.69, 9.17) is 42.0 Å². The first-order valence-electron chi connectivity index (χ1n) is 14.6. The van der Waals surface area contributed by atoms with Gasteiger partial charge in [0.05, 0.1) is 32.8 Å². The van der Waals surface area contributed by atoms with E-state index < -0.39 is 93.6 Å². The molecule has 258 valence electrons. The number of carbonyl (C=O) groups excluding carboxylic acids is 6. The predicted molar refractivity (Wildman–Crippen MR) is 155 cm³/mol. The fraction of sp³-hybridized carbons (Fsp3) is 0.786. The maximum atomic E-state index is 13.5. The van der Waals surface area contributed by atoms with Crippen molar-refractivity contribution in [3.63, 3.8) is 0 Å². The predicted octanol–water partition coefficient (Wildman–Crippen LogP) is 2.38. The van der Waals surface area contributed by atoms with E-state index in [0.29, 0.717) is 12.8 Å². The number of methoxy groups -OCH3 is 1. The summed E-state index contributed by atoms with van der Waals surface area (Å²) in [6, 6.07) is -1.32. The van der Waals surface area contributed by atoms with E-state index >= 15 is 0 Å². The van der Waals surface area contributed by atoms with Crippen molar-refractivity contribution in [1.82, 2.24) is 5.32 Å². The molecule has 0 bridgehead atoms. The molecule has 6 atom stereocenters. The van der Waals surface area contributed by atoms with Gasteiger partial charge in [0.25, 0.3) is 5.79 Å². The molecule has 1 rings (SSSR count). The lowest BCUT2D eigenvalue weighted by atomic mass is 9.88. The smallest absolute Gasteiger partial charge is 0.367 e. The number of esters is 5. The average molecular weight is 668 g/mol. The minimum Gasteiger partial charge on any atom is -0.465 e. The van der Waals surface area contributed by atoms with E-state index in [0.717, 1.165) is 47.6 Å². The highest BCUT2D eigenvalue weighted by atomic mass is 31.2. The van der Waals surface area contributed by atoms with Crippen molar-refractivity contribution in [3.05, 3.63) is 0 Å². The first-order chi connectivity index (χ1) is 21.2. The second kappa shape index (κ2) is 20.3. The van der Waals surface area contributed by atoms with Gasteiger partial charge < -0.3 is 42.8 Å². The van der Waals surface area contributed by atoms with E-state index in [1.165, 1.54) is 6.92 Å². The third-order valence-electron chi connectivity index (χ3n) is 6.11. The fourth-order valence-electron chi connectivity index (χ4n) is 4.27. The Morgan fingerprint density at radius 1 is 0.867 bits per heavy atom. The molecule has 0 saturated carbocycles. The van der Waals surface area contributed by atoms with Gasteiger partial charge >= 0.3 is 38.4 Å². The van der Waals surface area contributed by atoms with Crippen LogP contribution in [0.25, 0.3) is 0 Å². The van der Waals surface area contributed by atoms with Crippen molar-refractivity contribution in [2.24, 2.45) is 0 Å². The van der Waals surface area contributed by atoms with E-state index in [1.807, 2.05) is 13.8 Å². The third-order valence-corrected chi connectivity index (χ3v) is 7.34. The number of ether oxygens (including phenoxy) is 6. The molecular weight excluding hydrogens is 621 g/mol. The zero-order valence-corrected chi connectivity index (χ0v) is 28.0. The summed E-state index contributed by atoms with van der Waals surface area (Å²) in [5, 5.41) is 2.60. The highest BCUT2D eigenvalue weighted by Gasteiger charge is 2.60. The van der Waals surface area contributed by atoms with Crippen molar-refractivity contribution >= 4 is 44.4 Å². The van der Waals surface area contributed by atoms with Gasteiger partial charge in [0.1, 0.15) is 18.8 Å². The molecule has 3 unspecified atom stereocenters. The van der Waals surface area contributed by atoms with E-state index in [9.17, 15) is 28.8 Å². The molecule has 0 spiro atoms. The molecule has 1 amide bonds. The van der Waals surface area contributed by atoms with Crippen LogP contribution in [0.3, 0.4) is 0 Å². The molecular formula is C28H46NO15P. The Morgan fingerprint density at radius 2 is 1.44 bits per heavy atom. The summed E-state index contributed by atoms with van der Waals surface area (Å²) in [6.07, 6.45) is -3.86. The minimum atomic E-state index is -2.42. The zero-order valence-electron chi connectivity index (χ0n) is 27.1. The molecule has 1 N–H and O–H groups in total. The molecule has 1 aliphatic heterocycles. The summed E-state index contributed by atoms with van der Waals surface area (Å²) in [5.74, 6) is -7.41. The zero-order chi connectivity index (χ0) is 34.2. The van der Waals surface area contributed by atoms with Crippen molar-refractivity contribution in [2.75, 3.05) is 26.9 Å². The Labute approximate surface area is 264 Å². The Bertz CT molecular complexity index is 1000. The van der Waals surface area contributed by atoms with Crippen LogP contribution in [0.4, 0.5) is 0 Å². The number of rotatable bonds is 19. The van der Waals surface area contributed by atoms with Crippen LogP contribution in [0.2, 0.25) is 0 Å². The van der Waals surface area contributed by atoms with E-state index in [1.54, 1.807) is 0 Å². The third kappa shape index (κ3) is 13.9. The highest BCUT2D eigenvalue weighted by molar-refractivity contribution is 7.41. The molecule has 1 aliphatic rings. The molecule has 16 nitrogen and oxygen atoms in total. The van der Waals surface area contributed by atoms with Crippen LogP contribution >= 0.6 is 8.60 Å². The van der Waals surface area contributed by atoms with Gasteiger partial charge in [-0.05, 0) is 12.8 Å². The lowest BCUT2D eigenvalue weighted by Gasteiger charge is -2.48. The lowest BCUT2D eigenvalue weighted by Crippen LogP contribution is -2.69. The number of amides is 1. The normalized spacial score (nSPS) is 22.5. The van der Waals surface area contributed by atoms with Crippen LogP contribution in [-0.4, -0.2) is 98.9 Å². The maximum Gasteiger partial charge on any atom is 0.367 e. The molecule has 17 heteroatoms. The summed E-state index contributed by atoms with van der Waals surface area (Å²) < 4.78 is 50.6. The van der Waals surface area contributed by atoms with Gasteiger partial charge in [0, 0.05) is 34.6 Å². The summed E-state index contributed by atoms with van der Waals surface area (Å²) in [5.41, 5.74) is 0. The topological polar surface area (TPSA) is 198 Å². The van der Waals surface area contributed by atoms with Crippen LogP contribution in [0.15, 0.2) is 0 Å². The van der Waals surface area contributed by atoms with Crippen molar-refractivity contribution in [1.29, 1.82) is 0 Å². The summed E-state index contributed by atoms with van der Waals surface area (Å²) >= 11 is 0. The number of hydrogen-bond acceptors (Lipinski definition) is 15. The summed E-state index contributed by atoms with van der Waals surface area (Å²) in [6.45, 7) is 9.21. The van der Waals surface area contributed by atoms with Gasteiger partial charge in [-0.3, -0.25) is 28.5 Å². The number of hydrogen-bond donors (Lipinski definition) is 1. The monoisotopic (exact) mass is 667 g/mol. The van der Waals surface area contributed by atoms with E-state index in [-0.39, 0.29) is 13.2 Å². The van der Waals surface area contributed by atoms with Crippen LogP contribution < -0.4 is 5.32 Å². The van der Waals surface area contributed by atoms with Crippen LogP contribution in [0.1, 0.15) is 80.6 Å². The van der Waals surface area contributed by atoms with Gasteiger partial charge in [-0.25, -0.2) is 4.79 Å². The highest BCUT2D eigenvalue weighted by Crippen LogP contribution is 2.49. The Kier molecular flexibility index (Phi) is 18.1. The maximum absolute atomic E-state index is 13.5. The molecule has 0 aromatic heterocycles. The molecule has 1 saturated heterocycles. The standard InChI is InChI=1S/C28H46NO15P/c1-9-11-13-38-45(39-14-12-10-2)44-28(27(35)36-8)15-22(40-19(5)32)24(29-17(3)30)26(43-28)25(42-21(7)34)23(41-20(6)33)16-37-18(4)31/h22-26H,9-16H2,1-8H3,(H,29,30)/t22?,23-,24?,25-,26-,28?/m1/s1. The Morgan fingerprint density at radius 3 is 1.89 bits per heavy atom. The van der Waals surface area contributed by atoms with Gasteiger partial charge in [-0.2, -0.15) is 0 Å². The number of unbranched alkanes of at least 4 members (excludes halogenated alkanes) is 2. The quantitative estimate of drug-likeness (QED) is 0.0911. The SMILES string of the molecule is CCCCOP(OCCCC)OC1(C(=O)OC)CC(OC(C)=O)C(NC(C)=O)[C@H]([C@H](OC(C)=O)[C@@H](COC(C)=O)OC(C)=O)O1. The summed E-state index contributed by atoms with van der Waals surface area (Å²) in [4.78, 5) is 74.4. The first-order valence-corrected chi connectivity index (χ1v) is 15.7. The van der Waals surface area contributed by atoms with E-state index in [2.05, 4.69) is 5.32 Å². The van der Waals surface area contributed by atoms with Crippen molar-refractivity contribution < 1.29 is 70.8 Å². The molecule has 1 fully saturated rings. The van der Waals surface area contributed by atoms with Crippen LogP contribution in [0, 0.1) is 0 Å². The summed E-state index contributed by atoms with van der Waals surface area (Å²) in [7, 11) is -1.21. The Hall–Kier alpha value is -2.91. The molecule has 45 heavy (non-hydrogen) atoms. The second-order valence-corrected chi connectivity index (χ2v) is 11.3. The second-order valence-electron chi connectivity index (χ2n) is 10.1. The van der Waals surface area contributed by atoms with Crippen LogP contribution in [0.5, 0.6) is 0 Å². The lowest BCUT2D eigenvalue weighted by molar-refractivity contribution is -0.291. The van der Waals surface area contributed by atoms with Gasteiger partial charge in [0.2, 0.25) is 5.91 Å². The molecule has 0 aromatic rings. The van der Waals surface area contributed by atoms with Gasteiger partial charge in [-0.1, -0.05) is 26.7 Å². The van der Waals surface area contributed by atoms with Gasteiger partial charge in [-0.15, -0.1) is 0 Å². The largest absolute Gasteiger partial charge is 0.465 e. The average Bonchev–Trinajstić information content (AvgIpc) is 2.94. The number of carbonyl (C=O) groups is 6.